The molecule has 9 heteroatoms. The Labute approximate surface area is 199 Å². The molecule has 148 valence electrons. The fourth-order valence-electron chi connectivity index (χ4n) is 3.60. The number of fused-ring (bicyclic) bond motifs is 2. The van der Waals surface area contributed by atoms with Crippen LogP contribution in [0.15, 0.2) is 60.1 Å². The molecule has 0 saturated carbocycles. The molecule has 0 saturated heterocycles. The van der Waals surface area contributed by atoms with Crippen LogP contribution in [0.5, 0.6) is 11.5 Å². The lowest BCUT2D eigenvalue weighted by molar-refractivity contribution is -0.111. The quantitative estimate of drug-likeness (QED) is 0.404. The molecule has 1 aliphatic heterocycles. The Bertz CT molecular complexity index is 1150. The lowest BCUT2D eigenvalue weighted by Crippen LogP contribution is -2.30. The van der Waals surface area contributed by atoms with Crippen LogP contribution in [0, 0.1) is 5.92 Å². The van der Waals surface area contributed by atoms with Crippen LogP contribution in [0.1, 0.15) is 27.4 Å². The molecule has 5 nitrogen and oxygen atoms in total. The lowest BCUT2D eigenvalue weighted by Gasteiger charge is -2.37. The van der Waals surface area contributed by atoms with Gasteiger partial charge in [0, 0.05) is 17.4 Å². The molecule has 0 radical (unpaired) electrons. The molecule has 29 heavy (non-hydrogen) atoms. The average molecular weight is 650 g/mol. The number of hydrogen-bond acceptors (Lipinski definition) is 4. The number of carboxylic acid groups (broad SMARTS) is 1. The van der Waals surface area contributed by atoms with Gasteiger partial charge in [-0.2, -0.15) is 0 Å². The summed E-state index contributed by atoms with van der Waals surface area (Å²) in [6, 6.07) is 8.44. The molecular weight excluding hydrogens is 640 g/mol. The van der Waals surface area contributed by atoms with Gasteiger partial charge in [0.2, 0.25) is 5.78 Å². The first-order valence-corrected chi connectivity index (χ1v) is 11.4. The van der Waals surface area contributed by atoms with E-state index in [1.54, 1.807) is 36.4 Å². The van der Waals surface area contributed by atoms with Crippen molar-refractivity contribution in [2.75, 3.05) is 0 Å². The molecule has 2 atom stereocenters. The Morgan fingerprint density at radius 3 is 2.45 bits per heavy atom. The molecule has 2 aliphatic rings. The van der Waals surface area contributed by atoms with Gasteiger partial charge >= 0.3 is 5.97 Å². The summed E-state index contributed by atoms with van der Waals surface area (Å²) in [6.45, 7) is 0. The van der Waals surface area contributed by atoms with E-state index in [9.17, 15) is 19.8 Å². The monoisotopic (exact) mass is 646 g/mol. The molecule has 4 rings (SSSR count). The minimum Gasteiger partial charge on any atom is -0.505 e. The van der Waals surface area contributed by atoms with E-state index in [2.05, 4.69) is 63.7 Å². The number of aromatic hydroxyl groups is 1. The van der Waals surface area contributed by atoms with Gasteiger partial charge in [0.05, 0.1) is 14.5 Å². The van der Waals surface area contributed by atoms with Gasteiger partial charge in [-0.1, -0.05) is 24.3 Å². The molecule has 0 amide bonds. The molecular formula is C20H10Br4O5. The number of Topliss-reactive ketones (excluding diaryl/α,β-unsaturated/α-hetero) is 1. The van der Waals surface area contributed by atoms with Gasteiger partial charge in [-0.15, -0.1) is 0 Å². The molecule has 0 bridgehead atoms. The van der Waals surface area contributed by atoms with Crippen molar-refractivity contribution in [1.29, 1.82) is 0 Å². The second kappa shape index (κ2) is 7.68. The first-order chi connectivity index (χ1) is 13.7. The van der Waals surface area contributed by atoms with E-state index in [4.69, 9.17) is 4.74 Å². The number of benzene rings is 2. The van der Waals surface area contributed by atoms with E-state index in [0.717, 1.165) is 0 Å². The molecule has 0 aromatic heterocycles. The Kier molecular flexibility index (Phi) is 5.52. The predicted octanol–water partition coefficient (Wildman–Crippen LogP) is 6.22. The highest BCUT2D eigenvalue weighted by Crippen LogP contribution is 2.55. The van der Waals surface area contributed by atoms with Crippen LogP contribution in [-0.4, -0.2) is 22.0 Å². The third-order valence-electron chi connectivity index (χ3n) is 4.87. The van der Waals surface area contributed by atoms with Crippen molar-refractivity contribution in [2.24, 2.45) is 5.92 Å². The van der Waals surface area contributed by atoms with Crippen LogP contribution in [0.2, 0.25) is 0 Å². The number of halogens is 4. The number of rotatable bonds is 2. The summed E-state index contributed by atoms with van der Waals surface area (Å²) in [5.41, 5.74) is 1.40. The fourth-order valence-corrected chi connectivity index (χ4v) is 6.15. The maximum absolute atomic E-state index is 12.5. The van der Waals surface area contributed by atoms with E-state index in [1.165, 1.54) is 0 Å². The zero-order valence-corrected chi connectivity index (χ0v) is 20.6. The first kappa shape index (κ1) is 20.8. The summed E-state index contributed by atoms with van der Waals surface area (Å²) in [5, 5.41) is 20.1. The highest BCUT2D eigenvalue weighted by Gasteiger charge is 2.43. The van der Waals surface area contributed by atoms with Crippen molar-refractivity contribution in [2.45, 2.75) is 5.92 Å². The summed E-state index contributed by atoms with van der Waals surface area (Å²) < 4.78 is 7.41. The second-order valence-electron chi connectivity index (χ2n) is 6.46. The first-order valence-electron chi connectivity index (χ1n) is 8.25. The van der Waals surface area contributed by atoms with E-state index in [0.29, 0.717) is 36.1 Å². The van der Waals surface area contributed by atoms with Crippen LogP contribution >= 0.6 is 63.7 Å². The van der Waals surface area contributed by atoms with Crippen LogP contribution in [0.25, 0.3) is 0 Å². The van der Waals surface area contributed by atoms with Crippen LogP contribution in [0.4, 0.5) is 0 Å². The van der Waals surface area contributed by atoms with Crippen LogP contribution in [0.3, 0.4) is 0 Å². The summed E-state index contributed by atoms with van der Waals surface area (Å²) in [4.78, 5) is 24.4. The predicted molar refractivity (Wildman–Crippen MR) is 121 cm³/mol. The zero-order valence-electron chi connectivity index (χ0n) is 14.2. The van der Waals surface area contributed by atoms with Crippen molar-refractivity contribution in [3.63, 3.8) is 0 Å². The largest absolute Gasteiger partial charge is 0.505 e. The molecule has 2 aromatic carbocycles. The average Bonchev–Trinajstić information content (AvgIpc) is 2.69. The fraction of sp³-hybridized carbons (Fsp3) is 0.100. The molecule has 1 aliphatic carbocycles. The standard InChI is InChI=1S/C20H10Br4O5/c21-11-5-9-13(7-3-1-2-4-8(7)20(27)28)10-6-12(22)17(26)15(24)19(10)29-18(9)14(23)16(11)25/h1-6,9,13,26H,(H,27,28)/t9-,13-/m1/s1. The Balaban J connectivity index is 2.08. The summed E-state index contributed by atoms with van der Waals surface area (Å²) in [6.07, 6.45) is 1.73. The summed E-state index contributed by atoms with van der Waals surface area (Å²) in [5.74, 6) is -1.59. The van der Waals surface area contributed by atoms with Crippen molar-refractivity contribution in [3.05, 3.63) is 76.8 Å². The molecule has 0 spiro atoms. The number of carbonyl (C=O) groups is 2. The maximum Gasteiger partial charge on any atom is 0.335 e. The smallest absolute Gasteiger partial charge is 0.335 e. The van der Waals surface area contributed by atoms with Gasteiger partial charge in [-0.25, -0.2) is 4.79 Å². The number of aromatic carboxylic acids is 1. The molecule has 2 aromatic rings. The lowest BCUT2D eigenvalue weighted by atomic mass is 9.74. The van der Waals surface area contributed by atoms with E-state index in [-0.39, 0.29) is 21.6 Å². The number of ketones is 1. The van der Waals surface area contributed by atoms with Gasteiger partial charge < -0.3 is 14.9 Å². The van der Waals surface area contributed by atoms with Crippen LogP contribution < -0.4 is 4.74 Å². The van der Waals surface area contributed by atoms with Crippen molar-refractivity contribution in [3.8, 4) is 11.5 Å². The second-order valence-corrected chi connectivity index (χ2v) is 9.75. The Morgan fingerprint density at radius 1 is 1.07 bits per heavy atom. The number of carboxylic acids is 1. The number of ether oxygens (including phenoxy) is 1. The van der Waals surface area contributed by atoms with Crippen LogP contribution in [-0.2, 0) is 4.79 Å². The summed E-state index contributed by atoms with van der Waals surface area (Å²) >= 11 is 13.3. The Morgan fingerprint density at radius 2 is 1.76 bits per heavy atom. The number of carbonyl (C=O) groups excluding carboxylic acids is 1. The highest BCUT2D eigenvalue weighted by atomic mass is 79.9. The van der Waals surface area contributed by atoms with E-state index < -0.39 is 17.8 Å². The van der Waals surface area contributed by atoms with Gasteiger partial charge in [-0.05, 0) is 81.4 Å². The van der Waals surface area contributed by atoms with E-state index in [1.807, 2.05) is 0 Å². The normalized spacial score (nSPS) is 20.6. The molecule has 0 unspecified atom stereocenters. The Hall–Kier alpha value is -1.42. The summed E-state index contributed by atoms with van der Waals surface area (Å²) in [7, 11) is 0. The number of phenols is 1. The SMILES string of the molecule is O=C1C(Br)=C[C@H]2C(=C1Br)Oc1c(cc(Br)c(O)c1Br)[C@@H]2c1ccccc1C(=O)O. The number of allylic oxidation sites excluding steroid dienone is 3. The van der Waals surface area contributed by atoms with Crippen molar-refractivity contribution < 1.29 is 24.5 Å². The van der Waals surface area contributed by atoms with E-state index >= 15 is 0 Å². The van der Waals surface area contributed by atoms with Crippen molar-refractivity contribution >= 4 is 75.5 Å². The van der Waals surface area contributed by atoms with Gasteiger partial charge in [0.1, 0.15) is 26.2 Å². The maximum atomic E-state index is 12.5. The zero-order chi connectivity index (χ0) is 21.0. The third-order valence-corrected chi connectivity index (χ3v) is 7.59. The number of hydrogen-bond donors (Lipinski definition) is 2. The number of phenolic OH excluding ortho intramolecular Hbond substituents is 1. The van der Waals surface area contributed by atoms with Gasteiger partial charge in [-0.3, -0.25) is 4.79 Å². The minimum absolute atomic E-state index is 0.0527. The third kappa shape index (κ3) is 3.32. The molecule has 2 N–H and O–H groups in total. The van der Waals surface area contributed by atoms with Crippen molar-refractivity contribution in [1.82, 2.24) is 0 Å². The molecule has 0 fully saturated rings. The molecule has 1 heterocycles. The minimum atomic E-state index is -1.05. The van der Waals surface area contributed by atoms with Gasteiger partial charge in [0.25, 0.3) is 0 Å². The van der Waals surface area contributed by atoms with Gasteiger partial charge in [0.15, 0.2) is 0 Å². The highest BCUT2D eigenvalue weighted by molar-refractivity contribution is 9.13. The topological polar surface area (TPSA) is 83.8 Å².